The smallest absolute Gasteiger partial charge is 0.187 e. The number of hydrogen-bond donors (Lipinski definition) is 1. The summed E-state index contributed by atoms with van der Waals surface area (Å²) in [5, 5.41) is 1.45. The fourth-order valence-corrected chi connectivity index (χ4v) is 5.59. The van der Waals surface area contributed by atoms with Crippen molar-refractivity contribution in [2.24, 2.45) is 0 Å². The molecule has 1 aromatic carbocycles. The fraction of sp³-hybridized carbons (Fsp3) is 0.591. The Balaban J connectivity index is 1.79. The molecule has 140 valence electrons. The van der Waals surface area contributed by atoms with Crippen LogP contribution < -0.4 is 0 Å². The van der Waals surface area contributed by atoms with Gasteiger partial charge in [0.2, 0.25) is 0 Å². The van der Waals surface area contributed by atoms with Crippen LogP contribution in [0.4, 0.5) is 0 Å². The zero-order valence-electron chi connectivity index (χ0n) is 15.9. The van der Waals surface area contributed by atoms with Crippen LogP contribution in [0, 0.1) is 0 Å². The summed E-state index contributed by atoms with van der Waals surface area (Å²) >= 11 is 4.04. The first-order valence-electron chi connectivity index (χ1n) is 10.2. The van der Waals surface area contributed by atoms with Crippen molar-refractivity contribution in [1.29, 1.82) is 0 Å². The predicted octanol–water partition coefficient (Wildman–Crippen LogP) is 4.95. The van der Waals surface area contributed by atoms with Crippen LogP contribution in [0.2, 0.25) is 0 Å². The number of hydrogen-bond acceptors (Lipinski definition) is 2. The van der Waals surface area contributed by atoms with Crippen molar-refractivity contribution < 1.29 is 4.79 Å². The van der Waals surface area contributed by atoms with Crippen LogP contribution in [0.25, 0.3) is 10.9 Å². The van der Waals surface area contributed by atoms with E-state index in [1.807, 2.05) is 0 Å². The molecular formula is C22H30N2OS. The summed E-state index contributed by atoms with van der Waals surface area (Å²) in [4.78, 5) is 14.4. The van der Waals surface area contributed by atoms with Crippen molar-refractivity contribution in [2.45, 2.75) is 70.4 Å². The van der Waals surface area contributed by atoms with Gasteiger partial charge in [-0.25, -0.2) is 0 Å². The number of carbonyl (C=O) groups is 1. The zero-order chi connectivity index (χ0) is 18.3. The van der Waals surface area contributed by atoms with E-state index in [4.69, 9.17) is 0 Å². The highest BCUT2D eigenvalue weighted by atomic mass is 32.1. The maximum Gasteiger partial charge on any atom is 0.187 e. The van der Waals surface area contributed by atoms with Gasteiger partial charge in [0, 0.05) is 41.5 Å². The molecule has 3 nitrogen and oxygen atoms in total. The minimum Gasteiger partial charge on any atom is -0.344 e. The van der Waals surface area contributed by atoms with Crippen LogP contribution >= 0.6 is 12.6 Å². The molecule has 4 heteroatoms. The summed E-state index contributed by atoms with van der Waals surface area (Å²) in [5.74, 6) is 0.661. The number of aromatic nitrogens is 1. The monoisotopic (exact) mass is 370 g/mol. The molecule has 1 aromatic heterocycles. The van der Waals surface area contributed by atoms with Gasteiger partial charge in [-0.05, 0) is 62.4 Å². The van der Waals surface area contributed by atoms with E-state index in [-0.39, 0.29) is 11.2 Å². The van der Waals surface area contributed by atoms with E-state index in [0.717, 1.165) is 12.8 Å². The van der Waals surface area contributed by atoms with Gasteiger partial charge in [0.05, 0.1) is 0 Å². The molecule has 1 aliphatic carbocycles. The maximum absolute atomic E-state index is 11.6. The van der Waals surface area contributed by atoms with Gasteiger partial charge in [-0.15, -0.1) is 12.6 Å². The summed E-state index contributed by atoms with van der Waals surface area (Å²) in [6.07, 6.45) is 8.78. The quantitative estimate of drug-likeness (QED) is 0.728. The van der Waals surface area contributed by atoms with Crippen LogP contribution in [0.1, 0.15) is 69.0 Å². The van der Waals surface area contributed by atoms with E-state index >= 15 is 0 Å². The molecule has 2 heterocycles. The van der Waals surface area contributed by atoms with Crippen molar-refractivity contribution in [3.8, 4) is 0 Å². The Labute approximate surface area is 162 Å². The minimum atomic E-state index is -0.0194. The lowest BCUT2D eigenvalue weighted by molar-refractivity contribution is -0.111. The highest BCUT2D eigenvalue weighted by Crippen LogP contribution is 2.45. The summed E-state index contributed by atoms with van der Waals surface area (Å²) in [6, 6.07) is 7.66. The molecule has 0 N–H and O–H groups in total. The molecule has 2 aliphatic rings. The van der Waals surface area contributed by atoms with Gasteiger partial charge in [-0.3, -0.25) is 9.69 Å². The van der Waals surface area contributed by atoms with Crippen molar-refractivity contribution in [1.82, 2.24) is 9.47 Å². The normalized spacial score (nSPS) is 23.8. The first kappa shape index (κ1) is 18.1. The molecule has 2 aromatic rings. The highest BCUT2D eigenvalue weighted by molar-refractivity contribution is 7.96. The highest BCUT2D eigenvalue weighted by Gasteiger charge is 2.37. The second-order valence-corrected chi connectivity index (χ2v) is 8.52. The fourth-order valence-electron chi connectivity index (χ4n) is 5.38. The Morgan fingerprint density at radius 1 is 1.35 bits per heavy atom. The van der Waals surface area contributed by atoms with Crippen LogP contribution in [0.3, 0.4) is 0 Å². The summed E-state index contributed by atoms with van der Waals surface area (Å²) < 4.78 is 2.36. The number of piperidine rings is 1. The van der Waals surface area contributed by atoms with Gasteiger partial charge in [-0.1, -0.05) is 26.0 Å². The lowest BCUT2D eigenvalue weighted by Crippen LogP contribution is -2.46. The molecule has 0 radical (unpaired) electrons. The van der Waals surface area contributed by atoms with Gasteiger partial charge < -0.3 is 4.57 Å². The first-order chi connectivity index (χ1) is 12.6. The maximum atomic E-state index is 11.6. The molecule has 1 saturated heterocycles. The van der Waals surface area contributed by atoms with Crippen molar-refractivity contribution in [3.63, 3.8) is 0 Å². The molecule has 4 rings (SSSR count). The Hall–Kier alpha value is -1.26. The number of rotatable bonds is 6. The molecule has 0 amide bonds. The second kappa shape index (κ2) is 7.40. The van der Waals surface area contributed by atoms with Crippen LogP contribution in [-0.4, -0.2) is 33.7 Å². The molecule has 0 spiro atoms. The summed E-state index contributed by atoms with van der Waals surface area (Å²) in [7, 11) is 0. The third-order valence-electron chi connectivity index (χ3n) is 6.48. The Morgan fingerprint density at radius 3 is 2.92 bits per heavy atom. The lowest BCUT2D eigenvalue weighted by Gasteiger charge is -2.44. The molecule has 0 saturated carbocycles. The number of thiol groups is 1. The van der Waals surface area contributed by atoms with E-state index in [1.54, 1.807) is 5.56 Å². The number of benzene rings is 1. The number of carbonyl (C=O) groups excluding carboxylic acids is 1. The van der Waals surface area contributed by atoms with Gasteiger partial charge in [0.25, 0.3) is 0 Å². The van der Waals surface area contributed by atoms with Crippen LogP contribution in [0.5, 0.6) is 0 Å². The van der Waals surface area contributed by atoms with Crippen molar-refractivity contribution >= 4 is 28.6 Å². The molecule has 0 bridgehead atoms. The minimum absolute atomic E-state index is 0.0194. The number of fused-ring (bicyclic) bond motifs is 2. The van der Waals surface area contributed by atoms with E-state index < -0.39 is 0 Å². The van der Waals surface area contributed by atoms with Crippen molar-refractivity contribution in [2.75, 3.05) is 13.1 Å². The third-order valence-corrected chi connectivity index (χ3v) is 6.66. The van der Waals surface area contributed by atoms with Gasteiger partial charge in [-0.2, -0.15) is 0 Å². The van der Waals surface area contributed by atoms with E-state index in [0.29, 0.717) is 18.4 Å². The molecule has 1 unspecified atom stereocenters. The van der Waals surface area contributed by atoms with E-state index in [9.17, 15) is 4.79 Å². The molecule has 3 atom stereocenters. The Bertz CT molecular complexity index is 810. The van der Waals surface area contributed by atoms with Gasteiger partial charge in [0.15, 0.2) is 5.12 Å². The van der Waals surface area contributed by atoms with Gasteiger partial charge >= 0.3 is 0 Å². The van der Waals surface area contributed by atoms with E-state index in [1.165, 1.54) is 48.8 Å². The van der Waals surface area contributed by atoms with E-state index in [2.05, 4.69) is 60.3 Å². The number of likely N-dealkylation sites (tertiary alicyclic amines) is 1. The third kappa shape index (κ3) is 3.01. The average molecular weight is 371 g/mol. The second-order valence-electron chi connectivity index (χ2n) is 8.02. The van der Waals surface area contributed by atoms with Crippen LogP contribution in [-0.2, 0) is 11.2 Å². The summed E-state index contributed by atoms with van der Waals surface area (Å²) in [6.45, 7) is 6.90. The van der Waals surface area contributed by atoms with Gasteiger partial charge in [0.1, 0.15) is 0 Å². The van der Waals surface area contributed by atoms with Crippen LogP contribution in [0.15, 0.2) is 24.4 Å². The zero-order valence-corrected chi connectivity index (χ0v) is 16.8. The molecule has 26 heavy (non-hydrogen) atoms. The molecule has 1 fully saturated rings. The molecule has 1 aliphatic heterocycles. The SMILES string of the molecule is CCCN1CCC[C@@H]2c3cccc4c3c(cn4C(CC)CC(=O)S)C[C@H]21. The first-order valence-corrected chi connectivity index (χ1v) is 10.7. The predicted molar refractivity (Wildman–Crippen MR) is 111 cm³/mol. The Morgan fingerprint density at radius 2 is 2.19 bits per heavy atom. The number of nitrogens with zero attached hydrogens (tertiary/aromatic N) is 2. The topological polar surface area (TPSA) is 25.2 Å². The Kier molecular flexibility index (Phi) is 5.15. The summed E-state index contributed by atoms with van der Waals surface area (Å²) in [5.41, 5.74) is 4.33. The lowest BCUT2D eigenvalue weighted by atomic mass is 9.75. The standard InChI is InChI=1S/C22H30N2OS/c1-3-10-23-11-6-8-17-18-7-5-9-19-22(18)15(12-20(17)23)14-24(19)16(4-2)13-21(25)26/h5,7,9,14,16-17,20H,3-4,6,8,10-13H2,1-2H3,(H,25,26)/t16?,17-,20-/m1/s1. The largest absolute Gasteiger partial charge is 0.344 e. The average Bonchev–Trinajstić information content (AvgIpc) is 3.00. The van der Waals surface area contributed by atoms with Crippen molar-refractivity contribution in [3.05, 3.63) is 35.5 Å². The molecular weight excluding hydrogens is 340 g/mol.